The van der Waals surface area contributed by atoms with Crippen LogP contribution in [0.25, 0.3) is 11.3 Å². The lowest BCUT2D eigenvalue weighted by molar-refractivity contribution is 0.0856. The molecule has 1 aliphatic carbocycles. The Balaban J connectivity index is 1.99. The van der Waals surface area contributed by atoms with Gasteiger partial charge in [-0.2, -0.15) is 0 Å². The smallest absolute Gasteiger partial charge is 0.166 e. The number of hydrogen-bond acceptors (Lipinski definition) is 4. The zero-order valence-corrected chi connectivity index (χ0v) is 13.3. The van der Waals surface area contributed by atoms with E-state index in [4.69, 9.17) is 0 Å². The Bertz CT molecular complexity index is 719. The third-order valence-electron chi connectivity index (χ3n) is 4.49. The molecular formula is C19H20N2O2. The molecule has 23 heavy (non-hydrogen) atoms. The highest BCUT2D eigenvalue weighted by molar-refractivity contribution is 6.04. The minimum Gasteiger partial charge on any atom is -0.294 e. The molecule has 1 heterocycles. The van der Waals surface area contributed by atoms with Crippen molar-refractivity contribution in [2.45, 2.75) is 39.0 Å². The first-order chi connectivity index (χ1) is 11.2. The van der Waals surface area contributed by atoms with E-state index < -0.39 is 0 Å². The second kappa shape index (κ2) is 6.82. The van der Waals surface area contributed by atoms with Crippen LogP contribution in [0.3, 0.4) is 0 Å². The van der Waals surface area contributed by atoms with E-state index in [1.165, 1.54) is 5.56 Å². The molecule has 0 N–H and O–H groups in total. The van der Waals surface area contributed by atoms with E-state index in [0.717, 1.165) is 43.4 Å². The molecule has 0 spiro atoms. The highest BCUT2D eigenvalue weighted by Gasteiger charge is 2.28. The standard InChI is InChI=1S/C19H20N2O2/c1-2-4-13-7-10-18(20-12-13)16-9-8-15(21-23)11-17(16)19(22)14-5-3-6-14/h7-12,14H,2-6H2,1H3. The average molecular weight is 308 g/mol. The van der Waals surface area contributed by atoms with Crippen molar-refractivity contribution < 1.29 is 4.79 Å². The zero-order chi connectivity index (χ0) is 16.2. The number of ketones is 1. The first kappa shape index (κ1) is 15.5. The van der Waals surface area contributed by atoms with Crippen LogP contribution in [0.5, 0.6) is 0 Å². The Labute approximate surface area is 135 Å². The van der Waals surface area contributed by atoms with Gasteiger partial charge in [-0.05, 0) is 54.3 Å². The number of carbonyl (C=O) groups excluding carboxylic acids is 1. The fraction of sp³-hybridized carbons (Fsp3) is 0.368. The number of rotatable bonds is 6. The minimum atomic E-state index is 0.0787. The molecule has 0 amide bonds. The molecule has 0 aliphatic heterocycles. The van der Waals surface area contributed by atoms with Gasteiger partial charge in [-0.25, -0.2) is 0 Å². The van der Waals surface area contributed by atoms with Gasteiger partial charge in [0.25, 0.3) is 0 Å². The molecule has 118 valence electrons. The summed E-state index contributed by atoms with van der Waals surface area (Å²) >= 11 is 0. The number of carbonyl (C=O) groups is 1. The number of aromatic nitrogens is 1. The Morgan fingerprint density at radius 3 is 2.65 bits per heavy atom. The number of Topliss-reactive ketones (excluding diaryl/α,β-unsaturated/α-hetero) is 1. The SMILES string of the molecule is CCCc1ccc(-c2ccc(N=O)cc2C(=O)C2CCC2)nc1. The summed E-state index contributed by atoms with van der Waals surface area (Å²) in [4.78, 5) is 28.0. The molecule has 1 aliphatic rings. The molecule has 1 saturated carbocycles. The molecule has 0 radical (unpaired) electrons. The predicted molar refractivity (Wildman–Crippen MR) is 90.8 cm³/mol. The average Bonchev–Trinajstić information content (AvgIpc) is 2.54. The molecular weight excluding hydrogens is 288 g/mol. The van der Waals surface area contributed by atoms with Crippen LogP contribution in [-0.2, 0) is 6.42 Å². The summed E-state index contributed by atoms with van der Waals surface area (Å²) in [6.45, 7) is 2.13. The Morgan fingerprint density at radius 2 is 2.09 bits per heavy atom. The maximum absolute atomic E-state index is 12.7. The van der Waals surface area contributed by atoms with E-state index in [9.17, 15) is 9.70 Å². The van der Waals surface area contributed by atoms with Gasteiger partial charge in [0, 0.05) is 23.2 Å². The van der Waals surface area contributed by atoms with E-state index in [-0.39, 0.29) is 11.7 Å². The summed E-state index contributed by atoms with van der Waals surface area (Å²) in [5.41, 5.74) is 3.61. The summed E-state index contributed by atoms with van der Waals surface area (Å²) in [6.07, 6.45) is 6.89. The highest BCUT2D eigenvalue weighted by atomic mass is 16.3. The van der Waals surface area contributed by atoms with Crippen molar-refractivity contribution >= 4 is 11.5 Å². The van der Waals surface area contributed by atoms with Crippen LogP contribution in [0.2, 0.25) is 0 Å². The summed E-state index contributed by atoms with van der Waals surface area (Å²) in [5, 5.41) is 2.97. The van der Waals surface area contributed by atoms with Crippen molar-refractivity contribution in [1.82, 2.24) is 4.98 Å². The fourth-order valence-electron chi connectivity index (χ4n) is 2.93. The molecule has 0 bridgehead atoms. The number of benzene rings is 1. The largest absolute Gasteiger partial charge is 0.294 e. The molecule has 0 atom stereocenters. The Morgan fingerprint density at radius 1 is 1.26 bits per heavy atom. The van der Waals surface area contributed by atoms with Crippen LogP contribution in [0.1, 0.15) is 48.5 Å². The molecule has 1 aromatic heterocycles. The van der Waals surface area contributed by atoms with Gasteiger partial charge in [0.1, 0.15) is 5.69 Å². The highest BCUT2D eigenvalue weighted by Crippen LogP contribution is 2.34. The molecule has 0 unspecified atom stereocenters. The number of nitrogens with zero attached hydrogens (tertiary/aromatic N) is 2. The van der Waals surface area contributed by atoms with E-state index >= 15 is 0 Å². The van der Waals surface area contributed by atoms with E-state index in [2.05, 4.69) is 23.2 Å². The molecule has 3 rings (SSSR count). The molecule has 0 saturated heterocycles. The monoisotopic (exact) mass is 308 g/mol. The van der Waals surface area contributed by atoms with Gasteiger partial charge in [-0.15, -0.1) is 4.91 Å². The topological polar surface area (TPSA) is 59.4 Å². The van der Waals surface area contributed by atoms with Crippen molar-refractivity contribution in [3.63, 3.8) is 0 Å². The first-order valence-electron chi connectivity index (χ1n) is 8.20. The molecule has 1 aromatic carbocycles. The van der Waals surface area contributed by atoms with Crippen molar-refractivity contribution in [3.05, 3.63) is 52.6 Å². The normalized spacial score (nSPS) is 14.3. The number of pyridine rings is 1. The quantitative estimate of drug-likeness (QED) is 0.552. The maximum atomic E-state index is 12.7. The van der Waals surface area contributed by atoms with E-state index in [0.29, 0.717) is 11.3 Å². The van der Waals surface area contributed by atoms with Gasteiger partial charge in [0.15, 0.2) is 5.78 Å². The lowest BCUT2D eigenvalue weighted by Gasteiger charge is -2.24. The second-order valence-electron chi connectivity index (χ2n) is 6.11. The molecule has 4 nitrogen and oxygen atoms in total. The van der Waals surface area contributed by atoms with Crippen molar-refractivity contribution in [1.29, 1.82) is 0 Å². The van der Waals surface area contributed by atoms with Gasteiger partial charge >= 0.3 is 0 Å². The summed E-state index contributed by atoms with van der Waals surface area (Å²) in [5.74, 6) is 0.186. The summed E-state index contributed by atoms with van der Waals surface area (Å²) < 4.78 is 0. The van der Waals surface area contributed by atoms with Crippen LogP contribution < -0.4 is 0 Å². The fourth-order valence-corrected chi connectivity index (χ4v) is 2.93. The summed E-state index contributed by atoms with van der Waals surface area (Å²) in [7, 11) is 0. The van der Waals surface area contributed by atoms with Gasteiger partial charge in [0.2, 0.25) is 0 Å². The van der Waals surface area contributed by atoms with Crippen molar-refractivity contribution in [2.24, 2.45) is 11.1 Å². The number of nitroso groups, excluding NO2 is 1. The van der Waals surface area contributed by atoms with Gasteiger partial charge < -0.3 is 0 Å². The number of hydrogen-bond donors (Lipinski definition) is 0. The summed E-state index contributed by atoms with van der Waals surface area (Å²) in [6, 6.07) is 9.03. The Hall–Kier alpha value is -2.36. The van der Waals surface area contributed by atoms with Crippen LogP contribution in [0.4, 0.5) is 5.69 Å². The Kier molecular flexibility index (Phi) is 4.60. The van der Waals surface area contributed by atoms with Gasteiger partial charge in [-0.3, -0.25) is 9.78 Å². The molecule has 2 aromatic rings. The third-order valence-corrected chi connectivity index (χ3v) is 4.49. The third kappa shape index (κ3) is 3.21. The lowest BCUT2D eigenvalue weighted by atomic mass is 9.78. The van der Waals surface area contributed by atoms with Gasteiger partial charge in [0.05, 0.1) is 5.69 Å². The van der Waals surface area contributed by atoms with Crippen molar-refractivity contribution in [2.75, 3.05) is 0 Å². The van der Waals surface area contributed by atoms with E-state index in [1.807, 2.05) is 12.3 Å². The van der Waals surface area contributed by atoms with Crippen LogP contribution in [-0.4, -0.2) is 10.8 Å². The van der Waals surface area contributed by atoms with Crippen molar-refractivity contribution in [3.8, 4) is 11.3 Å². The minimum absolute atomic E-state index is 0.0787. The van der Waals surface area contributed by atoms with Gasteiger partial charge in [-0.1, -0.05) is 25.8 Å². The zero-order valence-electron chi connectivity index (χ0n) is 13.3. The first-order valence-corrected chi connectivity index (χ1v) is 8.20. The van der Waals surface area contributed by atoms with E-state index in [1.54, 1.807) is 18.2 Å². The van der Waals surface area contributed by atoms with Crippen LogP contribution in [0.15, 0.2) is 41.7 Å². The predicted octanol–water partition coefficient (Wildman–Crippen LogP) is 5.08. The molecule has 1 fully saturated rings. The maximum Gasteiger partial charge on any atom is 0.166 e. The van der Waals surface area contributed by atoms with Crippen LogP contribution in [0, 0.1) is 10.8 Å². The molecule has 4 heteroatoms. The lowest BCUT2D eigenvalue weighted by Crippen LogP contribution is -2.22. The second-order valence-corrected chi connectivity index (χ2v) is 6.11. The van der Waals surface area contributed by atoms with Crippen LogP contribution >= 0.6 is 0 Å². The number of aryl methyl sites for hydroxylation is 1.